The minimum absolute atomic E-state index is 0.672. The fraction of sp³-hybridized carbons (Fsp3) is 0.625. The van der Waals surface area contributed by atoms with E-state index in [1.54, 1.807) is 0 Å². The Morgan fingerprint density at radius 1 is 1.55 bits per heavy atom. The predicted octanol–water partition coefficient (Wildman–Crippen LogP) is 2.68. The number of H-pyrrole nitrogens is 1. The van der Waals surface area contributed by atoms with Crippen LogP contribution in [0.1, 0.15) is 25.4 Å². The van der Waals surface area contributed by atoms with Crippen LogP contribution >= 0.6 is 15.9 Å². The lowest BCUT2D eigenvalue weighted by Crippen LogP contribution is -1.94. The normalized spacial score (nSPS) is 11.0. The number of aromatic amines is 1. The lowest BCUT2D eigenvalue weighted by atomic mass is 10.1. The van der Waals surface area contributed by atoms with Gasteiger partial charge in [0.1, 0.15) is 10.4 Å². The van der Waals surface area contributed by atoms with E-state index in [1.807, 2.05) is 6.92 Å². The summed E-state index contributed by atoms with van der Waals surface area (Å²) in [5.74, 6) is 1.65. The molecule has 0 unspecified atom stereocenters. The third-order valence-corrected chi connectivity index (χ3v) is 2.11. The van der Waals surface area contributed by atoms with E-state index in [9.17, 15) is 0 Å². The molecule has 0 amide bonds. The lowest BCUT2D eigenvalue weighted by molar-refractivity contribution is 0.635. The summed E-state index contributed by atoms with van der Waals surface area (Å²) in [6.45, 7) is 6.36. The zero-order valence-corrected chi connectivity index (χ0v) is 8.70. The van der Waals surface area contributed by atoms with Gasteiger partial charge in [-0.2, -0.15) is 0 Å². The highest BCUT2D eigenvalue weighted by Crippen LogP contribution is 2.16. The van der Waals surface area contributed by atoms with Gasteiger partial charge in [0.25, 0.3) is 0 Å². The first-order valence-electron chi connectivity index (χ1n) is 3.80. The molecular formula is C8H13BrN2. The number of aryl methyl sites for hydroxylation is 1. The van der Waals surface area contributed by atoms with Crippen molar-refractivity contribution < 1.29 is 0 Å². The Kier molecular flexibility index (Phi) is 2.71. The summed E-state index contributed by atoms with van der Waals surface area (Å²) < 4.78 is 0.962. The van der Waals surface area contributed by atoms with Gasteiger partial charge in [-0.15, -0.1) is 0 Å². The highest BCUT2D eigenvalue weighted by atomic mass is 79.9. The molecule has 1 aromatic rings. The zero-order chi connectivity index (χ0) is 8.43. The summed E-state index contributed by atoms with van der Waals surface area (Å²) in [4.78, 5) is 7.44. The van der Waals surface area contributed by atoms with Crippen molar-refractivity contribution in [3.05, 3.63) is 16.1 Å². The van der Waals surface area contributed by atoms with Crippen molar-refractivity contribution in [1.29, 1.82) is 0 Å². The smallest absolute Gasteiger partial charge is 0.127 e. The van der Waals surface area contributed by atoms with E-state index in [0.29, 0.717) is 5.92 Å². The van der Waals surface area contributed by atoms with Crippen molar-refractivity contribution in [3.8, 4) is 0 Å². The highest BCUT2D eigenvalue weighted by molar-refractivity contribution is 9.10. The molecule has 0 spiro atoms. The predicted molar refractivity (Wildman–Crippen MR) is 49.6 cm³/mol. The number of imidazole rings is 1. The van der Waals surface area contributed by atoms with Crippen LogP contribution in [-0.2, 0) is 6.42 Å². The molecule has 3 heteroatoms. The third kappa shape index (κ3) is 2.33. The van der Waals surface area contributed by atoms with Gasteiger partial charge in [0.15, 0.2) is 0 Å². The number of hydrogen-bond acceptors (Lipinski definition) is 1. The van der Waals surface area contributed by atoms with Crippen LogP contribution in [0.15, 0.2) is 4.60 Å². The minimum Gasteiger partial charge on any atom is -0.345 e. The Labute approximate surface area is 75.6 Å². The minimum atomic E-state index is 0.672. The maximum absolute atomic E-state index is 4.23. The molecule has 0 atom stereocenters. The average molecular weight is 217 g/mol. The van der Waals surface area contributed by atoms with Gasteiger partial charge < -0.3 is 4.98 Å². The van der Waals surface area contributed by atoms with Gasteiger partial charge in [0, 0.05) is 5.69 Å². The van der Waals surface area contributed by atoms with Crippen LogP contribution in [0.2, 0.25) is 0 Å². The Morgan fingerprint density at radius 2 is 2.18 bits per heavy atom. The van der Waals surface area contributed by atoms with Gasteiger partial charge >= 0.3 is 0 Å². The van der Waals surface area contributed by atoms with Crippen molar-refractivity contribution in [1.82, 2.24) is 9.97 Å². The number of hydrogen-bond donors (Lipinski definition) is 1. The van der Waals surface area contributed by atoms with E-state index in [0.717, 1.165) is 16.8 Å². The summed E-state index contributed by atoms with van der Waals surface area (Å²) in [5, 5.41) is 0. The van der Waals surface area contributed by atoms with Gasteiger partial charge in [0.2, 0.25) is 0 Å². The standard InChI is InChI=1S/C8H13BrN2/c1-5(2)4-7-8(9)11-6(3)10-7/h5H,4H2,1-3H3,(H,10,11). The second-order valence-corrected chi connectivity index (χ2v) is 3.94. The number of rotatable bonds is 2. The number of nitrogens with one attached hydrogen (secondary N) is 1. The maximum atomic E-state index is 4.23. The average Bonchev–Trinajstić information content (AvgIpc) is 2.09. The Hall–Kier alpha value is -0.310. The zero-order valence-electron chi connectivity index (χ0n) is 7.11. The van der Waals surface area contributed by atoms with Crippen LogP contribution in [0.5, 0.6) is 0 Å². The van der Waals surface area contributed by atoms with Crippen molar-refractivity contribution in [2.75, 3.05) is 0 Å². The van der Waals surface area contributed by atoms with Gasteiger partial charge in [0.05, 0.1) is 0 Å². The lowest BCUT2D eigenvalue weighted by Gasteiger charge is -2.00. The SMILES string of the molecule is Cc1nc(Br)c(CC(C)C)[nH]1. The van der Waals surface area contributed by atoms with Crippen molar-refractivity contribution in [2.45, 2.75) is 27.2 Å². The van der Waals surface area contributed by atoms with E-state index in [4.69, 9.17) is 0 Å². The molecule has 0 saturated carbocycles. The van der Waals surface area contributed by atoms with E-state index < -0.39 is 0 Å². The van der Waals surface area contributed by atoms with E-state index >= 15 is 0 Å². The molecule has 0 aliphatic carbocycles. The van der Waals surface area contributed by atoms with E-state index in [1.165, 1.54) is 5.69 Å². The molecule has 0 radical (unpaired) electrons. The van der Waals surface area contributed by atoms with Crippen LogP contribution < -0.4 is 0 Å². The molecule has 0 aliphatic heterocycles. The van der Waals surface area contributed by atoms with Crippen molar-refractivity contribution in [3.63, 3.8) is 0 Å². The van der Waals surface area contributed by atoms with Crippen LogP contribution in [0.4, 0.5) is 0 Å². The molecule has 0 aliphatic rings. The quantitative estimate of drug-likeness (QED) is 0.810. The molecule has 0 bridgehead atoms. The maximum Gasteiger partial charge on any atom is 0.127 e. The number of nitrogens with zero attached hydrogens (tertiary/aromatic N) is 1. The monoisotopic (exact) mass is 216 g/mol. The second-order valence-electron chi connectivity index (χ2n) is 3.19. The summed E-state index contributed by atoms with van der Waals surface area (Å²) in [6.07, 6.45) is 1.06. The Morgan fingerprint density at radius 3 is 2.55 bits per heavy atom. The molecular weight excluding hydrogens is 204 g/mol. The molecule has 62 valence electrons. The fourth-order valence-corrected chi connectivity index (χ4v) is 1.58. The van der Waals surface area contributed by atoms with Crippen LogP contribution in [-0.4, -0.2) is 9.97 Å². The largest absolute Gasteiger partial charge is 0.345 e. The molecule has 0 saturated heterocycles. The molecule has 1 aromatic heterocycles. The summed E-state index contributed by atoms with van der Waals surface area (Å²) in [7, 11) is 0. The molecule has 1 N–H and O–H groups in total. The molecule has 0 fully saturated rings. The van der Waals surface area contributed by atoms with Crippen LogP contribution in [0.3, 0.4) is 0 Å². The molecule has 2 nitrogen and oxygen atoms in total. The molecule has 1 heterocycles. The summed E-state index contributed by atoms with van der Waals surface area (Å²) in [5.41, 5.74) is 1.21. The van der Waals surface area contributed by atoms with E-state index in [2.05, 4.69) is 39.7 Å². The van der Waals surface area contributed by atoms with Gasteiger partial charge in [-0.25, -0.2) is 4.98 Å². The third-order valence-electron chi connectivity index (χ3n) is 1.46. The van der Waals surface area contributed by atoms with Crippen LogP contribution in [0, 0.1) is 12.8 Å². The number of aromatic nitrogens is 2. The van der Waals surface area contributed by atoms with Crippen molar-refractivity contribution in [2.24, 2.45) is 5.92 Å². The van der Waals surface area contributed by atoms with Gasteiger partial charge in [-0.1, -0.05) is 13.8 Å². The van der Waals surface area contributed by atoms with Crippen molar-refractivity contribution >= 4 is 15.9 Å². The topological polar surface area (TPSA) is 28.7 Å². The number of halogens is 1. The highest BCUT2D eigenvalue weighted by Gasteiger charge is 2.05. The fourth-order valence-electron chi connectivity index (χ4n) is 1.06. The Bertz CT molecular complexity index is 240. The summed E-state index contributed by atoms with van der Waals surface area (Å²) in [6, 6.07) is 0. The second kappa shape index (κ2) is 3.39. The first-order chi connectivity index (χ1) is 5.09. The first kappa shape index (κ1) is 8.78. The molecule has 11 heavy (non-hydrogen) atoms. The van der Waals surface area contributed by atoms with E-state index in [-0.39, 0.29) is 0 Å². The summed E-state index contributed by atoms with van der Waals surface area (Å²) >= 11 is 3.40. The van der Waals surface area contributed by atoms with Gasteiger partial charge in [-0.05, 0) is 35.2 Å². The molecule has 1 rings (SSSR count). The first-order valence-corrected chi connectivity index (χ1v) is 4.60. The molecule has 0 aromatic carbocycles. The van der Waals surface area contributed by atoms with Crippen LogP contribution in [0.25, 0.3) is 0 Å². The van der Waals surface area contributed by atoms with Gasteiger partial charge in [-0.3, -0.25) is 0 Å². The Balaban J connectivity index is 2.77.